The maximum atomic E-state index is 13.4. The Morgan fingerprint density at radius 3 is 2.14 bits per heavy atom. The van der Waals surface area contributed by atoms with E-state index in [9.17, 15) is 4.79 Å². The first-order chi connectivity index (χ1) is 14.2. The number of fused-ring (bicyclic) bond motifs is 6. The van der Waals surface area contributed by atoms with Crippen LogP contribution in [0.5, 0.6) is 0 Å². The molecule has 0 unspecified atom stereocenters. The number of nitrogens with zero attached hydrogens (tertiary/aromatic N) is 1. The predicted molar refractivity (Wildman–Crippen MR) is 119 cm³/mol. The maximum Gasteiger partial charge on any atom is 0.196 e. The van der Waals surface area contributed by atoms with Crippen LogP contribution in [0.15, 0.2) is 84.9 Å². The summed E-state index contributed by atoms with van der Waals surface area (Å²) in [5.74, 6) is 0.00748. The van der Waals surface area contributed by atoms with Crippen LogP contribution in [0.25, 0.3) is 44.1 Å². The molecule has 0 spiro atoms. The van der Waals surface area contributed by atoms with Gasteiger partial charge in [-0.05, 0) is 11.5 Å². The van der Waals surface area contributed by atoms with Gasteiger partial charge in [0.2, 0.25) is 0 Å². The molecule has 4 aromatic carbocycles. The first-order valence-electron chi connectivity index (χ1n) is 9.48. The van der Waals surface area contributed by atoms with Gasteiger partial charge in [-0.3, -0.25) is 4.79 Å². The Labute approximate surface area is 172 Å². The lowest BCUT2D eigenvalue weighted by Gasteiger charge is -2.15. The number of pyridine rings is 1. The topological polar surface area (TPSA) is 30.0 Å². The van der Waals surface area contributed by atoms with Crippen LogP contribution >= 0.6 is 11.6 Å². The van der Waals surface area contributed by atoms with E-state index in [1.165, 1.54) is 0 Å². The number of hydrogen-bond acceptors (Lipinski definition) is 2. The second kappa shape index (κ2) is 6.00. The smallest absolute Gasteiger partial charge is 0.196 e. The lowest BCUT2D eigenvalue weighted by atomic mass is 9.92. The molecule has 0 saturated heterocycles. The summed E-state index contributed by atoms with van der Waals surface area (Å²) in [5, 5.41) is 3.75. The van der Waals surface area contributed by atoms with Crippen molar-refractivity contribution in [3.8, 4) is 22.4 Å². The minimum absolute atomic E-state index is 0.00748. The summed E-state index contributed by atoms with van der Waals surface area (Å²) >= 11 is 6.61. The molecule has 0 atom stereocenters. The first-order valence-corrected chi connectivity index (χ1v) is 9.86. The highest BCUT2D eigenvalue weighted by Gasteiger charge is 2.33. The van der Waals surface area contributed by atoms with Crippen molar-refractivity contribution in [2.24, 2.45) is 0 Å². The summed E-state index contributed by atoms with van der Waals surface area (Å²) in [6.45, 7) is 0. The lowest BCUT2D eigenvalue weighted by Crippen LogP contribution is -2.01. The molecule has 2 nitrogen and oxygen atoms in total. The van der Waals surface area contributed by atoms with E-state index in [0.29, 0.717) is 16.1 Å². The zero-order valence-electron chi connectivity index (χ0n) is 15.3. The van der Waals surface area contributed by atoms with Crippen molar-refractivity contribution >= 4 is 39.1 Å². The number of ketones is 1. The van der Waals surface area contributed by atoms with Crippen molar-refractivity contribution in [2.75, 3.05) is 0 Å². The molecule has 0 fully saturated rings. The van der Waals surface area contributed by atoms with Crippen molar-refractivity contribution in [1.82, 2.24) is 4.98 Å². The van der Waals surface area contributed by atoms with Crippen molar-refractivity contribution in [3.63, 3.8) is 0 Å². The predicted octanol–water partition coefficient (Wildman–Crippen LogP) is 6.92. The van der Waals surface area contributed by atoms with E-state index in [0.717, 1.165) is 44.1 Å². The summed E-state index contributed by atoms with van der Waals surface area (Å²) in [7, 11) is 0. The third-order valence-electron chi connectivity index (χ3n) is 5.68. The van der Waals surface area contributed by atoms with E-state index < -0.39 is 0 Å². The highest BCUT2D eigenvalue weighted by atomic mass is 35.5. The molecule has 0 radical (unpaired) electrons. The Hall–Kier alpha value is -3.49. The number of carbonyl (C=O) groups excluding carboxylic acids is 1. The van der Waals surface area contributed by atoms with Gasteiger partial charge in [-0.25, -0.2) is 4.98 Å². The van der Waals surface area contributed by atoms with E-state index >= 15 is 0 Å². The molecule has 0 amide bonds. The fraction of sp³-hybridized carbons (Fsp3) is 0. The van der Waals surface area contributed by atoms with Crippen molar-refractivity contribution in [2.45, 2.75) is 0 Å². The molecule has 1 aromatic heterocycles. The lowest BCUT2D eigenvalue weighted by molar-refractivity contribution is 0.104. The summed E-state index contributed by atoms with van der Waals surface area (Å²) in [4.78, 5) is 18.4. The summed E-state index contributed by atoms with van der Waals surface area (Å²) in [5.41, 5.74) is 5.57. The molecule has 0 N–H and O–H groups in total. The highest BCUT2D eigenvalue weighted by Crippen LogP contribution is 2.46. The van der Waals surface area contributed by atoms with Crippen LogP contribution in [-0.2, 0) is 0 Å². The number of benzene rings is 4. The Morgan fingerprint density at radius 2 is 1.31 bits per heavy atom. The second-order valence-electron chi connectivity index (χ2n) is 7.25. The summed E-state index contributed by atoms with van der Waals surface area (Å²) < 4.78 is 0. The third-order valence-corrected chi connectivity index (χ3v) is 6.01. The van der Waals surface area contributed by atoms with E-state index in [1.807, 2.05) is 60.7 Å². The quantitative estimate of drug-likeness (QED) is 0.285. The van der Waals surface area contributed by atoms with Gasteiger partial charge in [-0.15, -0.1) is 0 Å². The van der Waals surface area contributed by atoms with Crippen LogP contribution in [0.3, 0.4) is 0 Å². The molecule has 136 valence electrons. The first kappa shape index (κ1) is 16.5. The summed E-state index contributed by atoms with van der Waals surface area (Å²) in [6, 6.07) is 27.7. The Balaban J connectivity index is 1.87. The van der Waals surface area contributed by atoms with Crippen LogP contribution in [-0.4, -0.2) is 10.8 Å². The van der Waals surface area contributed by atoms with Gasteiger partial charge in [0.15, 0.2) is 5.78 Å². The van der Waals surface area contributed by atoms with E-state index in [1.54, 1.807) is 0 Å². The SMILES string of the molecule is O=C1c2ccccc2-c2nc3c(ccc4ccccc43)c(-c3ccccc3Cl)c21. The molecule has 5 aromatic rings. The molecule has 1 aliphatic carbocycles. The Kier molecular flexibility index (Phi) is 3.41. The average molecular weight is 392 g/mol. The largest absolute Gasteiger partial charge is 0.288 e. The minimum atomic E-state index is 0.00748. The Bertz CT molecular complexity index is 1490. The fourth-order valence-corrected chi connectivity index (χ4v) is 4.61. The molecule has 1 aliphatic rings. The Morgan fingerprint density at radius 1 is 0.621 bits per heavy atom. The van der Waals surface area contributed by atoms with Crippen LogP contribution in [0.4, 0.5) is 0 Å². The number of halogens is 1. The standard InChI is InChI=1S/C26H14ClNO/c27-21-12-6-5-11-19(21)22-20-14-13-15-7-1-2-8-16(15)24(20)28-25-17-9-3-4-10-18(17)26(29)23(22)25/h1-14H. The van der Waals surface area contributed by atoms with Gasteiger partial charge in [-0.1, -0.05) is 90.5 Å². The fourth-order valence-electron chi connectivity index (χ4n) is 4.38. The molecular weight excluding hydrogens is 378 g/mol. The van der Waals surface area contributed by atoms with E-state index in [4.69, 9.17) is 16.6 Å². The average Bonchev–Trinajstić information content (AvgIpc) is 3.05. The zero-order valence-corrected chi connectivity index (χ0v) is 16.1. The van der Waals surface area contributed by atoms with E-state index in [-0.39, 0.29) is 5.78 Å². The van der Waals surface area contributed by atoms with Crippen LogP contribution < -0.4 is 0 Å². The molecule has 0 aliphatic heterocycles. The molecular formula is C26H14ClNO. The molecule has 29 heavy (non-hydrogen) atoms. The van der Waals surface area contributed by atoms with Crippen molar-refractivity contribution in [1.29, 1.82) is 0 Å². The second-order valence-corrected chi connectivity index (χ2v) is 7.66. The molecule has 0 saturated carbocycles. The van der Waals surface area contributed by atoms with Gasteiger partial charge in [0.25, 0.3) is 0 Å². The minimum Gasteiger partial charge on any atom is -0.288 e. The maximum absolute atomic E-state index is 13.4. The number of carbonyl (C=O) groups is 1. The molecule has 0 bridgehead atoms. The third kappa shape index (κ3) is 2.24. The van der Waals surface area contributed by atoms with Gasteiger partial charge >= 0.3 is 0 Å². The van der Waals surface area contributed by atoms with Gasteiger partial charge in [-0.2, -0.15) is 0 Å². The number of rotatable bonds is 1. The monoisotopic (exact) mass is 391 g/mol. The van der Waals surface area contributed by atoms with Crippen LogP contribution in [0.1, 0.15) is 15.9 Å². The number of hydrogen-bond donors (Lipinski definition) is 0. The van der Waals surface area contributed by atoms with Crippen LogP contribution in [0.2, 0.25) is 5.02 Å². The van der Waals surface area contributed by atoms with Gasteiger partial charge in [0.1, 0.15) is 0 Å². The molecule has 6 rings (SSSR count). The molecule has 1 heterocycles. The summed E-state index contributed by atoms with van der Waals surface area (Å²) in [6.07, 6.45) is 0. The van der Waals surface area contributed by atoms with Gasteiger partial charge < -0.3 is 0 Å². The van der Waals surface area contributed by atoms with Gasteiger partial charge in [0, 0.05) is 38.0 Å². The van der Waals surface area contributed by atoms with E-state index in [2.05, 4.69) is 24.3 Å². The van der Waals surface area contributed by atoms with Crippen molar-refractivity contribution < 1.29 is 4.79 Å². The zero-order chi connectivity index (χ0) is 19.5. The van der Waals surface area contributed by atoms with Crippen LogP contribution in [0, 0.1) is 0 Å². The normalized spacial score (nSPS) is 12.4. The molecule has 3 heteroatoms. The van der Waals surface area contributed by atoms with Crippen molar-refractivity contribution in [3.05, 3.63) is 101 Å². The van der Waals surface area contributed by atoms with Gasteiger partial charge in [0.05, 0.1) is 16.8 Å². The highest BCUT2D eigenvalue weighted by molar-refractivity contribution is 6.35. The number of aromatic nitrogens is 1.